The van der Waals surface area contributed by atoms with E-state index in [2.05, 4.69) is 5.32 Å². The Morgan fingerprint density at radius 3 is 2.11 bits per heavy atom. The standard InChI is InChI=1S/C20H26N2O4S/c1-5-19(15-9-13-18(26-3)14-10-15)21-20(23)16-7-11-17(12-8-16)22(6-2)27(4,24)25/h7-14,19H,5-6H2,1-4H3,(H,21,23)/t19-/m0/s1. The maximum Gasteiger partial charge on any atom is 0.251 e. The average molecular weight is 391 g/mol. The van der Waals surface area contributed by atoms with Crippen LogP contribution in [0.3, 0.4) is 0 Å². The summed E-state index contributed by atoms with van der Waals surface area (Å²) in [7, 11) is -1.73. The second-order valence-electron chi connectivity index (χ2n) is 6.18. The zero-order valence-electron chi connectivity index (χ0n) is 16.1. The number of benzene rings is 2. The molecule has 0 aliphatic heterocycles. The Morgan fingerprint density at radius 2 is 1.67 bits per heavy atom. The number of ether oxygens (including phenoxy) is 1. The summed E-state index contributed by atoms with van der Waals surface area (Å²) < 4.78 is 30.1. The minimum absolute atomic E-state index is 0.119. The van der Waals surface area contributed by atoms with Gasteiger partial charge in [-0.25, -0.2) is 8.42 Å². The van der Waals surface area contributed by atoms with Gasteiger partial charge in [0.15, 0.2) is 0 Å². The second kappa shape index (κ2) is 8.90. The van der Waals surface area contributed by atoms with Gasteiger partial charge in [0.1, 0.15) is 5.75 Å². The molecule has 2 rings (SSSR count). The summed E-state index contributed by atoms with van der Waals surface area (Å²) >= 11 is 0. The third-order valence-corrected chi connectivity index (χ3v) is 5.61. The van der Waals surface area contributed by atoms with E-state index >= 15 is 0 Å². The molecular weight excluding hydrogens is 364 g/mol. The smallest absolute Gasteiger partial charge is 0.251 e. The summed E-state index contributed by atoms with van der Waals surface area (Å²) in [4.78, 5) is 12.6. The number of nitrogens with one attached hydrogen (secondary N) is 1. The van der Waals surface area contributed by atoms with Crippen molar-refractivity contribution in [2.75, 3.05) is 24.2 Å². The third-order valence-electron chi connectivity index (χ3n) is 4.34. The van der Waals surface area contributed by atoms with Crippen molar-refractivity contribution in [3.8, 4) is 5.75 Å². The lowest BCUT2D eigenvalue weighted by Gasteiger charge is -2.21. The molecule has 2 aromatic carbocycles. The molecule has 0 heterocycles. The van der Waals surface area contributed by atoms with Gasteiger partial charge in [-0.3, -0.25) is 9.10 Å². The maximum atomic E-state index is 12.6. The number of anilines is 1. The summed E-state index contributed by atoms with van der Waals surface area (Å²) in [5.41, 5.74) is 2.02. The molecule has 7 heteroatoms. The van der Waals surface area contributed by atoms with Gasteiger partial charge >= 0.3 is 0 Å². The molecule has 27 heavy (non-hydrogen) atoms. The van der Waals surface area contributed by atoms with Crippen molar-refractivity contribution < 1.29 is 17.9 Å². The van der Waals surface area contributed by atoms with E-state index in [9.17, 15) is 13.2 Å². The Labute approximate surface area is 161 Å². The molecule has 0 bridgehead atoms. The first kappa shape index (κ1) is 20.8. The zero-order chi connectivity index (χ0) is 20.0. The van der Waals surface area contributed by atoms with E-state index in [4.69, 9.17) is 4.74 Å². The molecule has 0 aromatic heterocycles. The Hall–Kier alpha value is -2.54. The minimum Gasteiger partial charge on any atom is -0.497 e. The monoisotopic (exact) mass is 390 g/mol. The fourth-order valence-corrected chi connectivity index (χ4v) is 3.86. The lowest BCUT2D eigenvalue weighted by Crippen LogP contribution is -2.30. The van der Waals surface area contributed by atoms with E-state index in [1.165, 1.54) is 4.31 Å². The molecule has 0 unspecified atom stereocenters. The molecule has 2 aromatic rings. The van der Waals surface area contributed by atoms with E-state index in [1.54, 1.807) is 38.3 Å². The van der Waals surface area contributed by atoms with Crippen molar-refractivity contribution in [2.24, 2.45) is 0 Å². The number of amides is 1. The first-order valence-corrected chi connectivity index (χ1v) is 10.7. The van der Waals surface area contributed by atoms with Crippen molar-refractivity contribution in [1.29, 1.82) is 0 Å². The molecule has 1 amide bonds. The molecule has 0 radical (unpaired) electrons. The SMILES string of the molecule is CC[C@H](NC(=O)c1ccc(N(CC)S(C)(=O)=O)cc1)c1ccc(OC)cc1. The van der Waals surface area contributed by atoms with Crippen LogP contribution >= 0.6 is 0 Å². The van der Waals surface area contributed by atoms with Crippen LogP contribution in [0, 0.1) is 0 Å². The van der Waals surface area contributed by atoms with Crippen LogP contribution in [0.25, 0.3) is 0 Å². The molecule has 0 fully saturated rings. The van der Waals surface area contributed by atoms with Gasteiger partial charge in [0.05, 0.1) is 25.1 Å². The highest BCUT2D eigenvalue weighted by Crippen LogP contribution is 2.22. The number of carbonyl (C=O) groups is 1. The van der Waals surface area contributed by atoms with Crippen molar-refractivity contribution in [3.63, 3.8) is 0 Å². The number of rotatable bonds is 8. The third kappa shape index (κ3) is 5.23. The number of methoxy groups -OCH3 is 1. The molecule has 6 nitrogen and oxygen atoms in total. The van der Waals surface area contributed by atoms with Crippen LogP contribution in [-0.2, 0) is 10.0 Å². The molecule has 1 atom stereocenters. The quantitative estimate of drug-likeness (QED) is 0.750. The van der Waals surface area contributed by atoms with Gasteiger partial charge in [0.25, 0.3) is 5.91 Å². The van der Waals surface area contributed by atoms with Crippen LogP contribution in [0.5, 0.6) is 5.75 Å². The van der Waals surface area contributed by atoms with Gasteiger partial charge in [0, 0.05) is 12.1 Å². The molecule has 146 valence electrons. The lowest BCUT2D eigenvalue weighted by molar-refractivity contribution is 0.0935. The predicted octanol–water partition coefficient (Wildman–Crippen LogP) is 3.36. The van der Waals surface area contributed by atoms with Crippen molar-refractivity contribution in [1.82, 2.24) is 5.32 Å². The van der Waals surface area contributed by atoms with E-state index in [-0.39, 0.29) is 11.9 Å². The lowest BCUT2D eigenvalue weighted by atomic mass is 10.0. The number of nitrogens with zero attached hydrogens (tertiary/aromatic N) is 1. The summed E-state index contributed by atoms with van der Waals surface area (Å²) in [6.07, 6.45) is 1.91. The van der Waals surface area contributed by atoms with E-state index < -0.39 is 10.0 Å². The maximum absolute atomic E-state index is 12.6. The van der Waals surface area contributed by atoms with Crippen LogP contribution in [0.15, 0.2) is 48.5 Å². The van der Waals surface area contributed by atoms with Gasteiger partial charge in [0.2, 0.25) is 10.0 Å². The Kier molecular flexibility index (Phi) is 6.85. The fourth-order valence-electron chi connectivity index (χ4n) is 2.89. The molecule has 0 spiro atoms. The van der Waals surface area contributed by atoms with Crippen molar-refractivity contribution in [3.05, 3.63) is 59.7 Å². The molecule has 0 saturated heterocycles. The number of sulfonamides is 1. The average Bonchev–Trinajstić information content (AvgIpc) is 2.66. The minimum atomic E-state index is -3.34. The molecular formula is C20H26N2O4S. The van der Waals surface area contributed by atoms with Gasteiger partial charge < -0.3 is 10.1 Å². The fraction of sp³-hybridized carbons (Fsp3) is 0.350. The molecule has 0 aliphatic rings. The summed E-state index contributed by atoms with van der Waals surface area (Å²) in [5.74, 6) is 0.563. The van der Waals surface area contributed by atoms with E-state index in [1.807, 2.05) is 31.2 Å². The number of carbonyl (C=O) groups excluding carboxylic acids is 1. The summed E-state index contributed by atoms with van der Waals surface area (Å²) in [6, 6.07) is 14.0. The normalized spacial score (nSPS) is 12.3. The first-order chi connectivity index (χ1) is 12.8. The zero-order valence-corrected chi connectivity index (χ0v) is 16.9. The van der Waals surface area contributed by atoms with Crippen LogP contribution < -0.4 is 14.4 Å². The van der Waals surface area contributed by atoms with Crippen LogP contribution in [-0.4, -0.2) is 34.2 Å². The molecule has 0 saturated carbocycles. The van der Waals surface area contributed by atoms with E-state index in [0.717, 1.165) is 24.0 Å². The molecule has 0 aliphatic carbocycles. The highest BCUT2D eigenvalue weighted by atomic mass is 32.2. The van der Waals surface area contributed by atoms with Gasteiger partial charge in [-0.1, -0.05) is 19.1 Å². The summed E-state index contributed by atoms with van der Waals surface area (Å²) in [5, 5.41) is 3.02. The molecule has 1 N–H and O–H groups in total. The largest absolute Gasteiger partial charge is 0.497 e. The van der Waals surface area contributed by atoms with Crippen LogP contribution in [0.2, 0.25) is 0 Å². The first-order valence-electron chi connectivity index (χ1n) is 8.82. The van der Waals surface area contributed by atoms with Gasteiger partial charge in [-0.05, 0) is 55.3 Å². The van der Waals surface area contributed by atoms with Gasteiger partial charge in [-0.15, -0.1) is 0 Å². The topological polar surface area (TPSA) is 75.7 Å². The predicted molar refractivity (Wildman–Crippen MR) is 108 cm³/mol. The number of hydrogen-bond acceptors (Lipinski definition) is 4. The van der Waals surface area contributed by atoms with Crippen LogP contribution in [0.1, 0.15) is 42.2 Å². The van der Waals surface area contributed by atoms with Gasteiger partial charge in [-0.2, -0.15) is 0 Å². The Balaban J connectivity index is 2.14. The second-order valence-corrected chi connectivity index (χ2v) is 8.09. The van der Waals surface area contributed by atoms with Crippen LogP contribution in [0.4, 0.5) is 5.69 Å². The Morgan fingerprint density at radius 1 is 1.07 bits per heavy atom. The summed E-state index contributed by atoms with van der Waals surface area (Å²) in [6.45, 7) is 4.10. The Bertz CT molecular complexity index is 862. The van der Waals surface area contributed by atoms with Crippen molar-refractivity contribution >= 4 is 21.6 Å². The highest BCUT2D eigenvalue weighted by molar-refractivity contribution is 7.92. The van der Waals surface area contributed by atoms with E-state index in [0.29, 0.717) is 17.8 Å². The highest BCUT2D eigenvalue weighted by Gasteiger charge is 2.17. The van der Waals surface area contributed by atoms with Crippen molar-refractivity contribution in [2.45, 2.75) is 26.3 Å². The number of hydrogen-bond donors (Lipinski definition) is 1.